The van der Waals surface area contributed by atoms with Crippen molar-refractivity contribution in [3.05, 3.63) is 45.4 Å². The third-order valence-corrected chi connectivity index (χ3v) is 8.10. The highest BCUT2D eigenvalue weighted by atomic mass is 16.5. The molecule has 0 aliphatic heterocycles. The zero-order valence-electron chi connectivity index (χ0n) is 22.4. The first-order chi connectivity index (χ1) is 17.7. The number of aromatic hydroxyl groups is 1. The quantitative estimate of drug-likeness (QED) is 0.351. The number of anilines is 1. The fourth-order valence-corrected chi connectivity index (χ4v) is 6.71. The number of carbonyl (C=O) groups is 3. The third-order valence-electron chi connectivity index (χ3n) is 8.10. The summed E-state index contributed by atoms with van der Waals surface area (Å²) in [6, 6.07) is 0.734. The second kappa shape index (κ2) is 9.32. The van der Waals surface area contributed by atoms with Crippen molar-refractivity contribution in [2.45, 2.75) is 38.3 Å². The maximum Gasteiger partial charge on any atom is 0.342 e. The lowest BCUT2D eigenvalue weighted by molar-refractivity contribution is -0.120. The van der Waals surface area contributed by atoms with Crippen LogP contribution in [0.2, 0.25) is 0 Å². The summed E-state index contributed by atoms with van der Waals surface area (Å²) in [5.41, 5.74) is 3.84. The van der Waals surface area contributed by atoms with Crippen LogP contribution in [0.5, 0.6) is 5.75 Å². The van der Waals surface area contributed by atoms with E-state index in [0.717, 1.165) is 0 Å². The van der Waals surface area contributed by atoms with Gasteiger partial charge in [0.2, 0.25) is 0 Å². The van der Waals surface area contributed by atoms with Gasteiger partial charge in [-0.2, -0.15) is 0 Å². The number of ketones is 1. The number of allylic oxidation sites excluding steroid dienone is 1. The first-order valence-corrected chi connectivity index (χ1v) is 12.5. The fourth-order valence-electron chi connectivity index (χ4n) is 6.71. The monoisotopic (exact) mass is 529 g/mol. The van der Waals surface area contributed by atoms with Gasteiger partial charge in [0.1, 0.15) is 28.4 Å². The van der Waals surface area contributed by atoms with Crippen molar-refractivity contribution in [1.82, 2.24) is 4.90 Å². The molecule has 0 saturated carbocycles. The Kier molecular flexibility index (Phi) is 6.73. The third kappa shape index (κ3) is 3.83. The number of esters is 1. The molecule has 38 heavy (non-hydrogen) atoms. The van der Waals surface area contributed by atoms with Gasteiger partial charge in [-0.25, -0.2) is 4.79 Å². The first-order valence-electron chi connectivity index (χ1n) is 12.5. The summed E-state index contributed by atoms with van der Waals surface area (Å²) < 4.78 is 5.07. The molecule has 5 atom stereocenters. The number of amides is 1. The zero-order valence-corrected chi connectivity index (χ0v) is 22.4. The van der Waals surface area contributed by atoms with Crippen molar-refractivity contribution < 1.29 is 39.5 Å². The highest BCUT2D eigenvalue weighted by molar-refractivity contribution is 6.16. The molecule has 1 aromatic rings. The fraction of sp³-hybridized carbons (Fsp3) is 0.519. The number of ether oxygens (including phenoxy) is 1. The molecule has 6 N–H and O–H groups in total. The van der Waals surface area contributed by atoms with Gasteiger partial charge in [0.05, 0.1) is 29.7 Å². The van der Waals surface area contributed by atoms with Gasteiger partial charge < -0.3 is 35.8 Å². The van der Waals surface area contributed by atoms with Crippen LogP contribution < -0.4 is 10.6 Å². The lowest BCUT2D eigenvalue weighted by atomic mass is 9.57. The van der Waals surface area contributed by atoms with Crippen LogP contribution in [-0.2, 0) is 16.0 Å². The van der Waals surface area contributed by atoms with Crippen molar-refractivity contribution in [3.63, 3.8) is 0 Å². The number of fused-ring (bicyclic) bond motifs is 3. The van der Waals surface area contributed by atoms with E-state index in [0.29, 0.717) is 11.3 Å². The van der Waals surface area contributed by atoms with Crippen molar-refractivity contribution in [2.75, 3.05) is 39.7 Å². The van der Waals surface area contributed by atoms with Gasteiger partial charge in [-0.1, -0.05) is 0 Å². The van der Waals surface area contributed by atoms with Crippen LogP contribution >= 0.6 is 0 Å². The highest BCUT2D eigenvalue weighted by Crippen LogP contribution is 2.55. The number of primary amides is 1. The van der Waals surface area contributed by atoms with Crippen LogP contribution in [0.15, 0.2) is 28.7 Å². The molecule has 1 amide bonds. The predicted molar refractivity (Wildman–Crippen MR) is 138 cm³/mol. The molecular weight excluding hydrogens is 494 g/mol. The summed E-state index contributed by atoms with van der Waals surface area (Å²) in [6.45, 7) is 2.98. The van der Waals surface area contributed by atoms with Gasteiger partial charge in [-0.15, -0.1) is 0 Å². The van der Waals surface area contributed by atoms with Crippen LogP contribution in [0.25, 0.3) is 0 Å². The van der Waals surface area contributed by atoms with E-state index in [1.54, 1.807) is 44.9 Å². The van der Waals surface area contributed by atoms with E-state index in [1.165, 1.54) is 13.0 Å². The number of phenolic OH excluding ortho intramolecular Hbond substituents is 1. The number of likely N-dealkylation sites (N-methyl/N-ethyl adjacent to an activating group) is 1. The van der Waals surface area contributed by atoms with Gasteiger partial charge in [-0.3, -0.25) is 14.5 Å². The van der Waals surface area contributed by atoms with E-state index in [4.69, 9.17) is 10.5 Å². The average Bonchev–Trinajstić information content (AvgIpc) is 2.77. The maximum absolute atomic E-state index is 14.0. The molecule has 0 bridgehead atoms. The van der Waals surface area contributed by atoms with Crippen LogP contribution in [0.3, 0.4) is 0 Å². The van der Waals surface area contributed by atoms with Crippen LogP contribution in [0.4, 0.5) is 5.69 Å². The van der Waals surface area contributed by atoms with Gasteiger partial charge in [0.25, 0.3) is 5.91 Å². The normalized spacial score (nSPS) is 28.6. The van der Waals surface area contributed by atoms with Crippen molar-refractivity contribution in [2.24, 2.45) is 23.5 Å². The number of phenols is 1. The second-order valence-corrected chi connectivity index (χ2v) is 10.8. The summed E-state index contributed by atoms with van der Waals surface area (Å²) in [5, 5.41) is 45.2. The van der Waals surface area contributed by atoms with Gasteiger partial charge >= 0.3 is 5.97 Å². The van der Waals surface area contributed by atoms with Crippen molar-refractivity contribution in [3.8, 4) is 5.75 Å². The lowest BCUT2D eigenvalue weighted by Gasteiger charge is -2.52. The molecule has 0 heterocycles. The molecule has 1 aromatic carbocycles. The molecule has 11 nitrogen and oxygen atoms in total. The molecule has 3 aliphatic carbocycles. The largest absolute Gasteiger partial charge is 0.511 e. The molecule has 11 heteroatoms. The molecule has 0 saturated heterocycles. The number of aliphatic hydroxyl groups is 3. The molecule has 4 rings (SSSR count). The number of hydrogen-bond acceptors (Lipinski definition) is 10. The van der Waals surface area contributed by atoms with E-state index in [-0.39, 0.29) is 41.9 Å². The lowest BCUT2D eigenvalue weighted by Crippen LogP contribution is -2.59. The Hall–Kier alpha value is -3.57. The van der Waals surface area contributed by atoms with Crippen molar-refractivity contribution >= 4 is 23.3 Å². The number of aliphatic hydroxyl groups excluding tert-OH is 2. The standard InChI is InChI=1S/C27H35N3O8/c1-7-38-26(36)14-10-15(29(3)4)12-8-11-9-13-18(23(33)16(11)22(32)17(12)21(14)31)27(2,37)19(25(28)35)24(34)20(13)30(5)6/h10-11,13,18,20,31,33-34,37H,7-9H2,1-6H3,(H2,28,35)/t11?,13?,18?,20-,27?/m0/s1. The number of carbonyl (C=O) groups excluding carboxylic acids is 3. The molecule has 206 valence electrons. The van der Waals surface area contributed by atoms with E-state index in [2.05, 4.69) is 0 Å². The van der Waals surface area contributed by atoms with Gasteiger partial charge in [0.15, 0.2) is 5.78 Å². The minimum atomic E-state index is -2.07. The Labute approximate surface area is 220 Å². The molecule has 0 aromatic heterocycles. The highest BCUT2D eigenvalue weighted by Gasteiger charge is 2.59. The summed E-state index contributed by atoms with van der Waals surface area (Å²) in [5.74, 6) is -6.02. The smallest absolute Gasteiger partial charge is 0.342 e. The summed E-state index contributed by atoms with van der Waals surface area (Å²) >= 11 is 0. The maximum atomic E-state index is 14.0. The van der Waals surface area contributed by atoms with Crippen LogP contribution in [0.1, 0.15) is 46.5 Å². The predicted octanol–water partition coefficient (Wildman–Crippen LogP) is 1.43. The van der Waals surface area contributed by atoms with E-state index >= 15 is 0 Å². The Morgan fingerprint density at radius 1 is 1.16 bits per heavy atom. The Bertz CT molecular complexity index is 1290. The van der Waals surface area contributed by atoms with E-state index in [1.807, 2.05) is 0 Å². The molecule has 0 fully saturated rings. The first kappa shape index (κ1) is 27.5. The Morgan fingerprint density at radius 2 is 1.79 bits per heavy atom. The number of nitrogens with two attached hydrogens (primary N) is 1. The van der Waals surface area contributed by atoms with Gasteiger partial charge in [0, 0.05) is 25.4 Å². The molecule has 0 spiro atoms. The summed E-state index contributed by atoms with van der Waals surface area (Å²) in [6.07, 6.45) is 0.543. The van der Waals surface area contributed by atoms with E-state index in [9.17, 15) is 34.8 Å². The number of rotatable bonds is 5. The summed E-state index contributed by atoms with van der Waals surface area (Å²) in [4.78, 5) is 42.3. The molecule has 0 radical (unpaired) electrons. The number of hydrogen-bond donors (Lipinski definition) is 5. The van der Waals surface area contributed by atoms with Crippen LogP contribution in [0, 0.1) is 17.8 Å². The number of benzene rings is 1. The SMILES string of the molecule is CCOC(=O)c1cc(N(C)C)c2c(c1O)C(=O)C1=C(O)C3C(CC1C2)[C@H](N(C)C)C(O)=C(C(N)=O)C3(C)O. The Morgan fingerprint density at radius 3 is 2.32 bits per heavy atom. The molecule has 4 unspecified atom stereocenters. The minimum absolute atomic E-state index is 0.00255. The van der Waals surface area contributed by atoms with Crippen LogP contribution in [-0.4, -0.2) is 89.4 Å². The molecule has 3 aliphatic rings. The topological polar surface area (TPSA) is 174 Å². The zero-order chi connectivity index (χ0) is 28.4. The van der Waals surface area contributed by atoms with E-state index < -0.39 is 64.1 Å². The average molecular weight is 530 g/mol. The van der Waals surface area contributed by atoms with Gasteiger partial charge in [-0.05, 0) is 64.3 Å². The van der Waals surface area contributed by atoms with Crippen molar-refractivity contribution in [1.29, 1.82) is 0 Å². The molecular formula is C27H35N3O8. The Balaban J connectivity index is 1.97. The second-order valence-electron chi connectivity index (χ2n) is 10.8. The number of nitrogens with zero attached hydrogens (tertiary/aromatic N) is 2. The summed E-state index contributed by atoms with van der Waals surface area (Å²) in [7, 11) is 6.90. The number of Topliss-reactive ketones (excluding diaryl/α,β-unsaturated/α-hetero) is 1. The minimum Gasteiger partial charge on any atom is -0.511 e.